The van der Waals surface area contributed by atoms with Gasteiger partial charge in [-0.05, 0) is 66.5 Å². The number of phenolic OH excluding ortho intramolecular Hbond substituents is 1. The van der Waals surface area contributed by atoms with Gasteiger partial charge in [0, 0.05) is 18.5 Å². The van der Waals surface area contributed by atoms with Crippen molar-refractivity contribution in [3.05, 3.63) is 41.5 Å². The molecule has 210 valence electrons. The summed E-state index contributed by atoms with van der Waals surface area (Å²) in [5, 5.41) is 21.8. The van der Waals surface area contributed by atoms with E-state index in [0.717, 1.165) is 0 Å². The lowest BCUT2D eigenvalue weighted by molar-refractivity contribution is -0.152. The van der Waals surface area contributed by atoms with Crippen molar-refractivity contribution in [2.75, 3.05) is 11.4 Å². The van der Waals surface area contributed by atoms with Crippen molar-refractivity contribution >= 4 is 23.8 Å². The number of aliphatic hydroxyl groups is 1. The molecule has 0 aromatic heterocycles. The van der Waals surface area contributed by atoms with Gasteiger partial charge in [-0.3, -0.25) is 4.90 Å². The molecule has 38 heavy (non-hydrogen) atoms. The number of aliphatic hydroxyl groups excluding tert-OH is 1. The highest BCUT2D eigenvalue weighted by atomic mass is 16.8. The van der Waals surface area contributed by atoms with Crippen LogP contribution in [0.2, 0.25) is 0 Å². The summed E-state index contributed by atoms with van der Waals surface area (Å²) in [5.74, 6) is -2.11. The van der Waals surface area contributed by atoms with Gasteiger partial charge in [0.15, 0.2) is 5.79 Å². The second kappa shape index (κ2) is 11.5. The van der Waals surface area contributed by atoms with E-state index in [4.69, 9.17) is 18.9 Å². The average Bonchev–Trinajstić information content (AvgIpc) is 3.09. The zero-order valence-electron chi connectivity index (χ0n) is 23.6. The summed E-state index contributed by atoms with van der Waals surface area (Å²) in [6, 6.07) is 3.00. The fraction of sp³-hybridized carbons (Fsp3) is 0.586. The summed E-state index contributed by atoms with van der Waals surface area (Å²) >= 11 is 0. The summed E-state index contributed by atoms with van der Waals surface area (Å²) < 4.78 is 23.2. The van der Waals surface area contributed by atoms with Gasteiger partial charge >= 0.3 is 12.1 Å². The number of carbonyl (C=O) groups excluding carboxylic acids is 2. The minimum absolute atomic E-state index is 0.00849. The van der Waals surface area contributed by atoms with Crippen molar-refractivity contribution in [3.63, 3.8) is 0 Å². The number of fused-ring (bicyclic) bond motifs is 2. The Morgan fingerprint density at radius 2 is 1.87 bits per heavy atom. The van der Waals surface area contributed by atoms with Crippen molar-refractivity contribution < 1.29 is 38.7 Å². The van der Waals surface area contributed by atoms with Gasteiger partial charge in [0.2, 0.25) is 0 Å². The molecule has 1 aromatic rings. The maximum absolute atomic E-state index is 13.2. The fourth-order valence-electron chi connectivity index (χ4n) is 4.43. The van der Waals surface area contributed by atoms with Crippen molar-refractivity contribution in [1.29, 1.82) is 0 Å². The fourth-order valence-corrected chi connectivity index (χ4v) is 4.43. The molecular formula is C29H41NO8. The maximum Gasteiger partial charge on any atom is 0.414 e. The van der Waals surface area contributed by atoms with Crippen molar-refractivity contribution in [2.45, 2.75) is 97.6 Å². The van der Waals surface area contributed by atoms with E-state index in [2.05, 4.69) is 0 Å². The van der Waals surface area contributed by atoms with Gasteiger partial charge in [0.05, 0.1) is 11.8 Å². The Morgan fingerprint density at radius 1 is 1.18 bits per heavy atom. The third kappa shape index (κ3) is 7.15. The summed E-state index contributed by atoms with van der Waals surface area (Å²) in [6.07, 6.45) is 4.17. The van der Waals surface area contributed by atoms with Crippen LogP contribution in [0.4, 0.5) is 10.5 Å². The lowest BCUT2D eigenvalue weighted by Gasteiger charge is -2.27. The van der Waals surface area contributed by atoms with Crippen molar-refractivity contribution in [2.24, 2.45) is 5.92 Å². The number of aromatic hydroxyl groups is 1. The molecular weight excluding hydrogens is 490 g/mol. The molecule has 2 N–H and O–H groups in total. The molecule has 1 fully saturated rings. The normalized spacial score (nSPS) is 29.3. The molecule has 2 heterocycles. The first-order valence-electron chi connectivity index (χ1n) is 13.1. The molecule has 9 nitrogen and oxygen atoms in total. The van der Waals surface area contributed by atoms with E-state index in [1.54, 1.807) is 78.8 Å². The molecule has 1 saturated heterocycles. The van der Waals surface area contributed by atoms with E-state index < -0.39 is 47.9 Å². The van der Waals surface area contributed by atoms with Crippen molar-refractivity contribution in [1.82, 2.24) is 0 Å². The van der Waals surface area contributed by atoms with Crippen LogP contribution in [0.15, 0.2) is 30.4 Å². The summed E-state index contributed by atoms with van der Waals surface area (Å²) in [4.78, 5) is 27.5. The van der Waals surface area contributed by atoms with Crippen molar-refractivity contribution in [3.8, 4) is 5.75 Å². The van der Waals surface area contributed by atoms with E-state index in [0.29, 0.717) is 17.7 Å². The number of carbonyl (C=O) groups is 2. The molecule has 0 saturated carbocycles. The zero-order valence-corrected chi connectivity index (χ0v) is 23.6. The first-order valence-corrected chi connectivity index (χ1v) is 13.1. The highest BCUT2D eigenvalue weighted by Crippen LogP contribution is 2.35. The number of amides is 1. The van der Waals surface area contributed by atoms with E-state index in [1.807, 2.05) is 6.92 Å². The van der Waals surface area contributed by atoms with Crippen LogP contribution in [-0.2, 0) is 18.9 Å². The Morgan fingerprint density at radius 3 is 2.50 bits per heavy atom. The molecule has 2 aliphatic heterocycles. The Labute approximate surface area is 225 Å². The molecule has 3 rings (SSSR count). The Kier molecular flexibility index (Phi) is 8.96. The number of nitrogens with zero attached hydrogens (tertiary/aromatic N) is 1. The van der Waals surface area contributed by atoms with Crippen LogP contribution in [0.25, 0.3) is 6.08 Å². The Hall–Kier alpha value is -2.88. The number of esters is 1. The molecule has 0 aliphatic carbocycles. The second-order valence-corrected chi connectivity index (χ2v) is 11.3. The van der Waals surface area contributed by atoms with Gasteiger partial charge in [-0.15, -0.1) is 0 Å². The second-order valence-electron chi connectivity index (χ2n) is 11.3. The third-order valence-electron chi connectivity index (χ3n) is 6.45. The first kappa shape index (κ1) is 29.7. The highest BCUT2D eigenvalue weighted by Gasteiger charge is 2.43. The van der Waals surface area contributed by atoms with E-state index in [1.165, 1.54) is 11.0 Å². The number of phenols is 1. The summed E-state index contributed by atoms with van der Waals surface area (Å²) in [7, 11) is 0. The topological polar surface area (TPSA) is 115 Å². The van der Waals surface area contributed by atoms with Gasteiger partial charge in [0.1, 0.15) is 35.2 Å². The number of cyclic esters (lactones) is 1. The molecule has 0 bridgehead atoms. The molecule has 2 aliphatic rings. The maximum atomic E-state index is 13.2. The van der Waals surface area contributed by atoms with Crippen LogP contribution in [0.3, 0.4) is 0 Å². The quantitative estimate of drug-likeness (QED) is 0.396. The number of benzene rings is 1. The third-order valence-corrected chi connectivity index (χ3v) is 6.45. The van der Waals surface area contributed by atoms with E-state index >= 15 is 0 Å². The molecule has 1 aromatic carbocycles. The van der Waals surface area contributed by atoms with E-state index in [9.17, 15) is 19.8 Å². The minimum Gasteiger partial charge on any atom is -0.507 e. The van der Waals surface area contributed by atoms with Crippen LogP contribution in [0, 0.1) is 5.92 Å². The van der Waals surface area contributed by atoms with Crippen LogP contribution >= 0.6 is 0 Å². The van der Waals surface area contributed by atoms with Gasteiger partial charge in [-0.25, -0.2) is 9.59 Å². The zero-order chi connectivity index (χ0) is 28.4. The van der Waals surface area contributed by atoms with Crippen LogP contribution < -0.4 is 4.90 Å². The Balaban J connectivity index is 2.07. The SMILES string of the molecule is CCN(C(=O)OC(C)(C)C)c1cc(O)c2c(c1)/C=C/C[C@@H]1OC(C)(C)O[C@@H]1C(O)/C=C\[C@@H](C)[C@H](C)OC2=O. The monoisotopic (exact) mass is 531 g/mol. The molecule has 1 unspecified atom stereocenters. The van der Waals surface area contributed by atoms with Crippen LogP contribution in [0.1, 0.15) is 77.7 Å². The smallest absolute Gasteiger partial charge is 0.414 e. The minimum atomic E-state index is -0.918. The van der Waals surface area contributed by atoms with Crippen LogP contribution in [0.5, 0.6) is 5.75 Å². The number of rotatable bonds is 2. The van der Waals surface area contributed by atoms with Gasteiger partial charge in [0.25, 0.3) is 0 Å². The summed E-state index contributed by atoms with van der Waals surface area (Å²) in [5.41, 5.74) is 0.0279. The highest BCUT2D eigenvalue weighted by molar-refractivity contribution is 5.99. The van der Waals surface area contributed by atoms with E-state index in [-0.39, 0.29) is 23.8 Å². The number of anilines is 1. The lowest BCUT2D eigenvalue weighted by atomic mass is 9.98. The largest absolute Gasteiger partial charge is 0.507 e. The Bertz CT molecular complexity index is 1090. The number of ether oxygens (including phenoxy) is 4. The number of hydrogen-bond acceptors (Lipinski definition) is 8. The molecule has 5 atom stereocenters. The molecule has 9 heteroatoms. The van der Waals surface area contributed by atoms with Gasteiger partial charge in [-0.2, -0.15) is 0 Å². The molecule has 0 radical (unpaired) electrons. The standard InChI is InChI=1S/C29H41NO8/c1-9-30(27(34)38-28(4,5)6)20-15-19-11-10-12-23-25(37-29(7,8)36-23)21(31)14-13-17(2)18(3)35-26(33)24(19)22(32)16-20/h10-11,13-18,21,23,25,31-32H,9,12H2,1-8H3/b11-10+,14-13-/t17-,18+,21?,23+,25-/m1/s1. The first-order chi connectivity index (χ1) is 17.6. The summed E-state index contributed by atoms with van der Waals surface area (Å²) in [6.45, 7) is 14.6. The molecule has 1 amide bonds. The number of hydrogen-bond donors (Lipinski definition) is 2. The van der Waals surface area contributed by atoms with Gasteiger partial charge < -0.3 is 29.2 Å². The lowest BCUT2D eigenvalue weighted by Crippen LogP contribution is -2.36. The average molecular weight is 532 g/mol. The predicted octanol–water partition coefficient (Wildman–Crippen LogP) is 5.19. The van der Waals surface area contributed by atoms with Gasteiger partial charge in [-0.1, -0.05) is 31.2 Å². The molecule has 0 spiro atoms. The van der Waals surface area contributed by atoms with Crippen LogP contribution in [-0.4, -0.2) is 64.6 Å². The predicted molar refractivity (Wildman–Crippen MR) is 144 cm³/mol.